The van der Waals surface area contributed by atoms with Crippen LogP contribution in [0.15, 0.2) is 59.7 Å². The molecular formula is C15H12N2O. The van der Waals surface area contributed by atoms with Gasteiger partial charge in [-0.05, 0) is 29.7 Å². The van der Waals surface area contributed by atoms with E-state index in [0.717, 1.165) is 17.0 Å². The van der Waals surface area contributed by atoms with Gasteiger partial charge < -0.3 is 4.98 Å². The summed E-state index contributed by atoms with van der Waals surface area (Å²) in [6.45, 7) is 0. The van der Waals surface area contributed by atoms with Gasteiger partial charge in [-0.1, -0.05) is 36.4 Å². The maximum absolute atomic E-state index is 11.9. The topological polar surface area (TPSA) is 45.8 Å². The van der Waals surface area contributed by atoms with Crippen LogP contribution < -0.4 is 5.56 Å². The SMILES string of the molecule is [2H]n1cnc2ccc(Cc3ccccc3)cc2c1=O. The summed E-state index contributed by atoms with van der Waals surface area (Å²) in [7, 11) is 0. The Morgan fingerprint density at radius 2 is 1.94 bits per heavy atom. The standard InChI is InChI=1S/C15H12N2O/c18-15-13-9-12(6-7-14(13)16-10-17-15)8-11-4-2-1-3-5-11/h1-7,9-10H,8H2,(H,16,17,18)/i/hD. The van der Waals surface area contributed by atoms with Gasteiger partial charge in [0.1, 0.15) is 0 Å². The number of aromatic amines is 1. The van der Waals surface area contributed by atoms with E-state index in [1.165, 1.54) is 11.9 Å². The third kappa shape index (κ3) is 2.02. The van der Waals surface area contributed by atoms with Gasteiger partial charge >= 0.3 is 0 Å². The maximum atomic E-state index is 11.9. The molecule has 1 aromatic heterocycles. The first-order valence-electron chi connectivity index (χ1n) is 6.22. The van der Waals surface area contributed by atoms with E-state index in [1.54, 1.807) is 0 Å². The third-order valence-electron chi connectivity index (χ3n) is 2.91. The molecule has 0 saturated carbocycles. The molecule has 1 N–H and O–H groups in total. The van der Waals surface area contributed by atoms with Crippen molar-refractivity contribution in [3.05, 3.63) is 76.3 Å². The monoisotopic (exact) mass is 237 g/mol. The molecule has 0 amide bonds. The highest BCUT2D eigenvalue weighted by Crippen LogP contribution is 2.13. The Bertz CT molecular complexity index is 781. The number of hydrogen-bond acceptors (Lipinski definition) is 2. The molecule has 0 aliphatic rings. The quantitative estimate of drug-likeness (QED) is 0.744. The highest BCUT2D eigenvalue weighted by atomic mass is 16.1. The zero-order valence-corrected chi connectivity index (χ0v) is 9.71. The number of aromatic nitrogens is 2. The Kier molecular flexibility index (Phi) is 2.37. The van der Waals surface area contributed by atoms with Crippen molar-refractivity contribution in [1.82, 2.24) is 9.96 Å². The normalized spacial score (nSPS) is 11.4. The van der Waals surface area contributed by atoms with E-state index < -0.39 is 0 Å². The zero-order chi connectivity index (χ0) is 13.2. The molecule has 3 rings (SSSR count). The minimum atomic E-state index is -0.333. The van der Waals surface area contributed by atoms with Crippen molar-refractivity contribution in [1.29, 1.82) is 0 Å². The van der Waals surface area contributed by atoms with Crippen LogP contribution in [0, 0.1) is 0 Å². The molecule has 2 aromatic carbocycles. The van der Waals surface area contributed by atoms with E-state index in [9.17, 15) is 4.79 Å². The van der Waals surface area contributed by atoms with E-state index in [4.69, 9.17) is 1.41 Å². The zero-order valence-electron chi connectivity index (χ0n) is 10.7. The van der Waals surface area contributed by atoms with Gasteiger partial charge in [-0.15, -0.1) is 0 Å². The fraction of sp³-hybridized carbons (Fsp3) is 0.0667. The van der Waals surface area contributed by atoms with Crippen molar-refractivity contribution >= 4 is 10.9 Å². The number of rotatable bonds is 2. The van der Waals surface area contributed by atoms with Crippen LogP contribution in [-0.4, -0.2) is 9.96 Å². The Morgan fingerprint density at radius 3 is 2.78 bits per heavy atom. The van der Waals surface area contributed by atoms with Crippen LogP contribution in [0.1, 0.15) is 11.1 Å². The lowest BCUT2D eigenvalue weighted by atomic mass is 10.0. The second kappa shape index (κ2) is 4.45. The summed E-state index contributed by atoms with van der Waals surface area (Å²) in [5, 5.41) is 0.492. The number of nitrogens with zero attached hydrogens (tertiary/aromatic N) is 1. The number of nitrogens with one attached hydrogen (secondary N) is 1. The van der Waals surface area contributed by atoms with E-state index in [2.05, 4.69) is 17.1 Å². The number of hydrogen-bond donors (Lipinski definition) is 1. The molecule has 88 valence electrons. The lowest BCUT2D eigenvalue weighted by Gasteiger charge is -2.03. The van der Waals surface area contributed by atoms with Crippen molar-refractivity contribution in [2.45, 2.75) is 6.42 Å². The number of benzene rings is 2. The molecule has 3 heteroatoms. The van der Waals surface area contributed by atoms with Crippen molar-refractivity contribution in [3.8, 4) is 0 Å². The molecule has 3 aromatic rings. The van der Waals surface area contributed by atoms with Gasteiger partial charge in [-0.3, -0.25) is 4.79 Å². The van der Waals surface area contributed by atoms with Crippen LogP contribution in [0.25, 0.3) is 10.9 Å². The first-order chi connectivity index (χ1) is 9.24. The van der Waals surface area contributed by atoms with Crippen LogP contribution in [-0.2, 0) is 6.42 Å². The summed E-state index contributed by atoms with van der Waals surface area (Å²) in [4.78, 5) is 16.7. The fourth-order valence-corrected chi connectivity index (χ4v) is 2.02. The number of H-pyrrole nitrogens is 1. The summed E-state index contributed by atoms with van der Waals surface area (Å²) in [5.41, 5.74) is 2.53. The molecule has 0 unspecified atom stereocenters. The summed E-state index contributed by atoms with van der Waals surface area (Å²) < 4.78 is 7.43. The molecule has 0 atom stereocenters. The highest BCUT2D eigenvalue weighted by molar-refractivity contribution is 5.77. The molecule has 0 radical (unpaired) electrons. The van der Waals surface area contributed by atoms with Crippen LogP contribution in [0.5, 0.6) is 0 Å². The number of fused-ring (bicyclic) bond motifs is 1. The summed E-state index contributed by atoms with van der Waals surface area (Å²) in [6, 6.07) is 15.7. The van der Waals surface area contributed by atoms with Crippen LogP contribution >= 0.6 is 0 Å². The summed E-state index contributed by atoms with van der Waals surface area (Å²) >= 11 is 0. The van der Waals surface area contributed by atoms with E-state index in [1.807, 2.05) is 36.4 Å². The van der Waals surface area contributed by atoms with Gasteiger partial charge in [0.2, 0.25) is 0 Å². The lowest BCUT2D eigenvalue weighted by Crippen LogP contribution is -2.06. The van der Waals surface area contributed by atoms with Crippen molar-refractivity contribution in [2.75, 3.05) is 0 Å². The first-order valence-corrected chi connectivity index (χ1v) is 5.77. The average Bonchev–Trinajstić information content (AvgIpc) is 2.45. The molecule has 18 heavy (non-hydrogen) atoms. The molecule has 0 spiro atoms. The Hall–Kier alpha value is -2.42. The van der Waals surface area contributed by atoms with Gasteiger partial charge in [0.15, 0.2) is 1.41 Å². The maximum Gasteiger partial charge on any atom is 0.258 e. The molecule has 0 aliphatic carbocycles. The highest BCUT2D eigenvalue weighted by Gasteiger charge is 2.01. The molecule has 0 fully saturated rings. The van der Waals surface area contributed by atoms with Crippen LogP contribution in [0.4, 0.5) is 0 Å². The van der Waals surface area contributed by atoms with Gasteiger partial charge in [0.25, 0.3) is 5.56 Å². The van der Waals surface area contributed by atoms with Crippen molar-refractivity contribution in [2.24, 2.45) is 0 Å². The van der Waals surface area contributed by atoms with Crippen LogP contribution in [0.2, 0.25) is 1.41 Å². The lowest BCUT2D eigenvalue weighted by molar-refractivity contribution is 1.15. The predicted molar refractivity (Wildman–Crippen MR) is 71.6 cm³/mol. The van der Waals surface area contributed by atoms with Gasteiger partial charge in [-0.2, -0.15) is 0 Å². The Labute approximate surface area is 106 Å². The van der Waals surface area contributed by atoms with E-state index in [-0.39, 0.29) is 5.56 Å². The average molecular weight is 237 g/mol. The Balaban J connectivity index is 2.07. The van der Waals surface area contributed by atoms with Crippen molar-refractivity contribution in [3.63, 3.8) is 0 Å². The van der Waals surface area contributed by atoms with Gasteiger partial charge in [0.05, 0.1) is 17.2 Å². The molecule has 0 bridgehead atoms. The van der Waals surface area contributed by atoms with Crippen molar-refractivity contribution < 1.29 is 1.41 Å². The molecular weight excluding hydrogens is 224 g/mol. The van der Waals surface area contributed by atoms with Gasteiger partial charge in [0, 0.05) is 0 Å². The van der Waals surface area contributed by atoms with Crippen LogP contribution in [0.3, 0.4) is 0 Å². The third-order valence-corrected chi connectivity index (χ3v) is 2.91. The minimum Gasteiger partial charge on any atom is -0.313 e. The summed E-state index contributed by atoms with van der Waals surface area (Å²) in [6.07, 6.45) is 1.99. The second-order valence-corrected chi connectivity index (χ2v) is 4.19. The molecule has 3 nitrogen and oxygen atoms in total. The fourth-order valence-electron chi connectivity index (χ4n) is 2.02. The minimum absolute atomic E-state index is 0.333. The second-order valence-electron chi connectivity index (χ2n) is 4.19. The molecule has 0 saturated heterocycles. The smallest absolute Gasteiger partial charge is 0.258 e. The molecule has 1 heterocycles. The Morgan fingerprint density at radius 1 is 1.11 bits per heavy atom. The largest absolute Gasteiger partial charge is 0.313 e. The first kappa shape index (κ1) is 9.59. The van der Waals surface area contributed by atoms with E-state index >= 15 is 0 Å². The summed E-state index contributed by atoms with van der Waals surface area (Å²) in [5.74, 6) is 0. The van der Waals surface area contributed by atoms with Gasteiger partial charge in [-0.25, -0.2) is 4.98 Å². The van der Waals surface area contributed by atoms with E-state index in [0.29, 0.717) is 10.9 Å². The predicted octanol–water partition coefficient (Wildman–Crippen LogP) is 2.51. The molecule has 0 aliphatic heterocycles.